The fourth-order valence-electron chi connectivity index (χ4n) is 3.34. The Morgan fingerprint density at radius 2 is 2.12 bits per heavy atom. The first-order chi connectivity index (χ1) is 12.0. The Bertz CT molecular complexity index is 624. The third-order valence-corrected chi connectivity index (χ3v) is 5.15. The van der Waals surface area contributed by atoms with Gasteiger partial charge in [0.1, 0.15) is 0 Å². The number of carbonyl (C=O) groups is 1. The maximum Gasteiger partial charge on any atom is 0.220 e. The normalized spacial score (nSPS) is 22.7. The smallest absolute Gasteiger partial charge is 0.220 e. The Kier molecular flexibility index (Phi) is 7.12. The molecular formula is C20H28N2O3. The van der Waals surface area contributed by atoms with Gasteiger partial charge in [-0.05, 0) is 36.8 Å². The second kappa shape index (κ2) is 9.31. The largest absolute Gasteiger partial charge is 0.493 e. The molecule has 3 atom stereocenters. The van der Waals surface area contributed by atoms with Crippen molar-refractivity contribution < 1.29 is 14.3 Å². The van der Waals surface area contributed by atoms with Crippen LogP contribution in [0.25, 0.3) is 0 Å². The lowest BCUT2D eigenvalue weighted by Crippen LogP contribution is -2.43. The van der Waals surface area contributed by atoms with Crippen molar-refractivity contribution in [3.63, 3.8) is 0 Å². The number of carbonyl (C=O) groups excluding carboxylic acids is 1. The molecule has 25 heavy (non-hydrogen) atoms. The molecule has 0 saturated heterocycles. The molecule has 136 valence electrons. The highest BCUT2D eigenvalue weighted by molar-refractivity contribution is 5.76. The summed E-state index contributed by atoms with van der Waals surface area (Å²) in [5.41, 5.74) is 0.527. The fraction of sp³-hybridized carbons (Fsp3) is 0.600. The third kappa shape index (κ3) is 5.38. The van der Waals surface area contributed by atoms with Crippen molar-refractivity contribution in [2.45, 2.75) is 52.0 Å². The fourth-order valence-corrected chi connectivity index (χ4v) is 3.34. The highest BCUT2D eigenvalue weighted by Gasteiger charge is 2.27. The maximum absolute atomic E-state index is 12.2. The van der Waals surface area contributed by atoms with E-state index in [1.54, 1.807) is 25.3 Å². The first-order valence-corrected chi connectivity index (χ1v) is 9.05. The van der Waals surface area contributed by atoms with Crippen LogP contribution in [0.5, 0.6) is 11.5 Å². The zero-order valence-corrected chi connectivity index (χ0v) is 15.4. The van der Waals surface area contributed by atoms with E-state index in [4.69, 9.17) is 14.7 Å². The van der Waals surface area contributed by atoms with Gasteiger partial charge in [-0.2, -0.15) is 5.26 Å². The summed E-state index contributed by atoms with van der Waals surface area (Å²) in [7, 11) is 1.54. The topological polar surface area (TPSA) is 71.3 Å². The van der Waals surface area contributed by atoms with Crippen LogP contribution in [0.15, 0.2) is 18.2 Å². The molecule has 5 heteroatoms. The van der Waals surface area contributed by atoms with Gasteiger partial charge in [-0.3, -0.25) is 4.79 Å². The van der Waals surface area contributed by atoms with Gasteiger partial charge in [0.2, 0.25) is 5.91 Å². The lowest BCUT2D eigenvalue weighted by atomic mass is 9.78. The van der Waals surface area contributed by atoms with E-state index >= 15 is 0 Å². The Balaban J connectivity index is 1.74. The van der Waals surface area contributed by atoms with E-state index in [1.165, 1.54) is 12.8 Å². The molecule has 1 aromatic rings. The van der Waals surface area contributed by atoms with Gasteiger partial charge < -0.3 is 14.8 Å². The predicted molar refractivity (Wildman–Crippen MR) is 96.5 cm³/mol. The molecule has 1 fully saturated rings. The minimum atomic E-state index is 0.0985. The first kappa shape index (κ1) is 19.1. The van der Waals surface area contributed by atoms with Gasteiger partial charge >= 0.3 is 0 Å². The highest BCUT2D eigenvalue weighted by Crippen LogP contribution is 2.30. The summed E-state index contributed by atoms with van der Waals surface area (Å²) >= 11 is 0. The molecule has 0 bridgehead atoms. The number of methoxy groups -OCH3 is 1. The standard InChI is InChI=1S/C20H28N2O3/c1-14-6-4-7-17(15(14)2)22-20(23)8-5-11-25-18-10-9-16(13-21)12-19(18)24-3/h9-10,12,14-15,17H,4-8,11H2,1-3H3,(H,22,23). The quantitative estimate of drug-likeness (QED) is 0.766. The Labute approximate surface area is 150 Å². The van der Waals surface area contributed by atoms with Gasteiger partial charge in [0.15, 0.2) is 11.5 Å². The summed E-state index contributed by atoms with van der Waals surface area (Å²) in [5, 5.41) is 12.1. The monoisotopic (exact) mass is 344 g/mol. The number of nitrogens with one attached hydrogen (secondary N) is 1. The summed E-state index contributed by atoms with van der Waals surface area (Å²) in [6.07, 6.45) is 4.63. The molecule has 1 aromatic carbocycles. The molecule has 0 aromatic heterocycles. The molecule has 1 aliphatic carbocycles. The van der Waals surface area contributed by atoms with Crippen LogP contribution in [0, 0.1) is 23.2 Å². The minimum Gasteiger partial charge on any atom is -0.493 e. The van der Waals surface area contributed by atoms with Gasteiger partial charge in [0.25, 0.3) is 0 Å². The Morgan fingerprint density at radius 3 is 2.84 bits per heavy atom. The van der Waals surface area contributed by atoms with Crippen molar-refractivity contribution in [2.75, 3.05) is 13.7 Å². The van der Waals surface area contributed by atoms with E-state index in [2.05, 4.69) is 25.2 Å². The molecule has 1 amide bonds. The molecule has 0 spiro atoms. The SMILES string of the molecule is COc1cc(C#N)ccc1OCCCC(=O)NC1CCCC(C)C1C. The van der Waals surface area contributed by atoms with Crippen molar-refractivity contribution in [1.82, 2.24) is 5.32 Å². The van der Waals surface area contributed by atoms with Crippen molar-refractivity contribution >= 4 is 5.91 Å². The van der Waals surface area contributed by atoms with Crippen LogP contribution >= 0.6 is 0 Å². The Morgan fingerprint density at radius 1 is 1.32 bits per heavy atom. The number of amides is 1. The second-order valence-corrected chi connectivity index (χ2v) is 6.87. The maximum atomic E-state index is 12.2. The number of nitriles is 1. The predicted octanol–water partition coefficient (Wildman–Crippen LogP) is 3.67. The zero-order chi connectivity index (χ0) is 18.2. The van der Waals surface area contributed by atoms with Crippen LogP contribution in [0.2, 0.25) is 0 Å². The summed E-state index contributed by atoms with van der Waals surface area (Å²) in [5.74, 6) is 2.44. The summed E-state index contributed by atoms with van der Waals surface area (Å²) in [6, 6.07) is 7.43. The molecule has 1 aliphatic rings. The summed E-state index contributed by atoms with van der Waals surface area (Å²) < 4.78 is 10.9. The van der Waals surface area contributed by atoms with E-state index in [1.807, 2.05) is 0 Å². The lowest BCUT2D eigenvalue weighted by Gasteiger charge is -2.34. The molecule has 3 unspecified atom stereocenters. The van der Waals surface area contributed by atoms with E-state index in [0.29, 0.717) is 54.4 Å². The molecule has 5 nitrogen and oxygen atoms in total. The zero-order valence-electron chi connectivity index (χ0n) is 15.4. The molecule has 0 radical (unpaired) electrons. The third-order valence-electron chi connectivity index (χ3n) is 5.15. The van der Waals surface area contributed by atoms with Crippen LogP contribution in [-0.4, -0.2) is 25.7 Å². The van der Waals surface area contributed by atoms with Crippen LogP contribution < -0.4 is 14.8 Å². The minimum absolute atomic E-state index is 0.0985. The van der Waals surface area contributed by atoms with Crippen molar-refractivity contribution in [3.8, 4) is 17.6 Å². The van der Waals surface area contributed by atoms with Crippen LogP contribution in [0.4, 0.5) is 0 Å². The number of hydrogen-bond donors (Lipinski definition) is 1. The lowest BCUT2D eigenvalue weighted by molar-refractivity contribution is -0.122. The average molecular weight is 344 g/mol. The van der Waals surface area contributed by atoms with E-state index in [0.717, 1.165) is 6.42 Å². The van der Waals surface area contributed by atoms with Crippen LogP contribution in [-0.2, 0) is 4.79 Å². The molecule has 2 rings (SSSR count). The average Bonchev–Trinajstić information content (AvgIpc) is 2.62. The van der Waals surface area contributed by atoms with Gasteiger partial charge in [0, 0.05) is 18.5 Å². The van der Waals surface area contributed by atoms with Crippen LogP contribution in [0.3, 0.4) is 0 Å². The number of benzene rings is 1. The van der Waals surface area contributed by atoms with Gasteiger partial charge in [-0.1, -0.05) is 26.7 Å². The van der Waals surface area contributed by atoms with Crippen molar-refractivity contribution in [3.05, 3.63) is 23.8 Å². The van der Waals surface area contributed by atoms with Gasteiger partial charge in [0.05, 0.1) is 25.3 Å². The van der Waals surface area contributed by atoms with E-state index in [-0.39, 0.29) is 5.91 Å². The molecule has 1 N–H and O–H groups in total. The molecule has 1 saturated carbocycles. The van der Waals surface area contributed by atoms with Gasteiger partial charge in [-0.15, -0.1) is 0 Å². The van der Waals surface area contributed by atoms with E-state index in [9.17, 15) is 4.79 Å². The molecule has 0 aliphatic heterocycles. The van der Waals surface area contributed by atoms with Crippen molar-refractivity contribution in [2.24, 2.45) is 11.8 Å². The van der Waals surface area contributed by atoms with Crippen LogP contribution in [0.1, 0.15) is 51.5 Å². The molecule has 0 heterocycles. The second-order valence-electron chi connectivity index (χ2n) is 6.87. The molecular weight excluding hydrogens is 316 g/mol. The van der Waals surface area contributed by atoms with Gasteiger partial charge in [-0.25, -0.2) is 0 Å². The highest BCUT2D eigenvalue weighted by atomic mass is 16.5. The number of rotatable bonds is 7. The van der Waals surface area contributed by atoms with E-state index < -0.39 is 0 Å². The number of nitrogens with zero attached hydrogens (tertiary/aromatic N) is 1. The Hall–Kier alpha value is -2.22. The number of hydrogen-bond acceptors (Lipinski definition) is 4. The number of ether oxygens (including phenoxy) is 2. The summed E-state index contributed by atoms with van der Waals surface area (Å²) in [4.78, 5) is 12.2. The summed E-state index contributed by atoms with van der Waals surface area (Å²) in [6.45, 7) is 4.93. The van der Waals surface area contributed by atoms with Crippen molar-refractivity contribution in [1.29, 1.82) is 5.26 Å². The first-order valence-electron chi connectivity index (χ1n) is 9.05.